The highest BCUT2D eigenvalue weighted by Gasteiger charge is 2.24. The third kappa shape index (κ3) is 3.91. The van der Waals surface area contributed by atoms with Crippen molar-refractivity contribution in [1.82, 2.24) is 10.2 Å². The van der Waals surface area contributed by atoms with E-state index in [4.69, 9.17) is 9.47 Å². The molecule has 1 amide bonds. The predicted molar refractivity (Wildman–Crippen MR) is 86.4 cm³/mol. The molecule has 122 valence electrons. The predicted octanol–water partition coefficient (Wildman–Crippen LogP) is 1.97. The molecular formula is C17H26N2O3. The van der Waals surface area contributed by atoms with Crippen molar-refractivity contribution in [3.63, 3.8) is 0 Å². The van der Waals surface area contributed by atoms with Crippen molar-refractivity contribution in [3.05, 3.63) is 23.3 Å². The van der Waals surface area contributed by atoms with E-state index in [1.807, 2.05) is 13.0 Å². The molecule has 1 aromatic carbocycles. The van der Waals surface area contributed by atoms with Crippen molar-refractivity contribution in [2.24, 2.45) is 5.92 Å². The fraction of sp³-hybridized carbons (Fsp3) is 0.588. The van der Waals surface area contributed by atoms with Crippen LogP contribution in [0, 0.1) is 12.8 Å². The molecule has 1 aliphatic heterocycles. The van der Waals surface area contributed by atoms with Crippen LogP contribution in [-0.2, 0) is 11.3 Å². The fourth-order valence-corrected chi connectivity index (χ4v) is 3.11. The number of hydrogen-bond donors (Lipinski definition) is 1. The lowest BCUT2D eigenvalue weighted by Gasteiger charge is -2.20. The summed E-state index contributed by atoms with van der Waals surface area (Å²) in [6.45, 7) is 7.28. The zero-order chi connectivity index (χ0) is 16.1. The van der Waals surface area contributed by atoms with Gasteiger partial charge in [-0.05, 0) is 31.9 Å². The number of methoxy groups -OCH3 is 2. The van der Waals surface area contributed by atoms with Crippen LogP contribution in [0.2, 0.25) is 0 Å². The highest BCUT2D eigenvalue weighted by Crippen LogP contribution is 2.32. The molecule has 2 rings (SSSR count). The highest BCUT2D eigenvalue weighted by molar-refractivity contribution is 5.72. The quantitative estimate of drug-likeness (QED) is 0.873. The summed E-state index contributed by atoms with van der Waals surface area (Å²) in [5.41, 5.74) is 2.22. The van der Waals surface area contributed by atoms with Crippen LogP contribution in [0.4, 0.5) is 0 Å². The van der Waals surface area contributed by atoms with Gasteiger partial charge < -0.3 is 14.8 Å². The largest absolute Gasteiger partial charge is 0.496 e. The van der Waals surface area contributed by atoms with Gasteiger partial charge in [-0.2, -0.15) is 0 Å². The molecule has 5 nitrogen and oxygen atoms in total. The van der Waals surface area contributed by atoms with Crippen LogP contribution in [0.25, 0.3) is 0 Å². The minimum atomic E-state index is 0.0471. The molecule has 0 radical (unpaired) electrons. The standard InChI is InChI=1S/C17H26N2O3/c1-12-16(21-3)6-5-15(17(12)22-4)11-19-8-7-14(10-19)9-18-13(2)20/h5-6,14H,7-11H2,1-4H3,(H,18,20). The van der Waals surface area contributed by atoms with Gasteiger partial charge in [0.1, 0.15) is 11.5 Å². The van der Waals surface area contributed by atoms with Crippen LogP contribution in [0.1, 0.15) is 24.5 Å². The number of nitrogens with zero attached hydrogens (tertiary/aromatic N) is 1. The maximum atomic E-state index is 11.0. The molecule has 1 fully saturated rings. The molecule has 0 saturated carbocycles. The molecular weight excluding hydrogens is 280 g/mol. The van der Waals surface area contributed by atoms with Gasteiger partial charge >= 0.3 is 0 Å². The van der Waals surface area contributed by atoms with Crippen molar-refractivity contribution < 1.29 is 14.3 Å². The van der Waals surface area contributed by atoms with Crippen molar-refractivity contribution in [3.8, 4) is 11.5 Å². The zero-order valence-electron chi connectivity index (χ0n) is 13.9. The molecule has 1 heterocycles. The monoisotopic (exact) mass is 306 g/mol. The van der Waals surface area contributed by atoms with Crippen LogP contribution < -0.4 is 14.8 Å². The van der Waals surface area contributed by atoms with Crippen molar-refractivity contribution in [2.45, 2.75) is 26.8 Å². The van der Waals surface area contributed by atoms with Gasteiger partial charge in [-0.25, -0.2) is 0 Å². The number of benzene rings is 1. The summed E-state index contributed by atoms with van der Waals surface area (Å²) >= 11 is 0. The van der Waals surface area contributed by atoms with Crippen LogP contribution in [0.15, 0.2) is 12.1 Å². The van der Waals surface area contributed by atoms with Gasteiger partial charge in [0.2, 0.25) is 5.91 Å². The van der Waals surface area contributed by atoms with E-state index >= 15 is 0 Å². The number of amides is 1. The maximum absolute atomic E-state index is 11.0. The van der Waals surface area contributed by atoms with Gasteiger partial charge in [0.15, 0.2) is 0 Å². The Labute approximate surface area is 132 Å². The summed E-state index contributed by atoms with van der Waals surface area (Å²) in [7, 11) is 3.38. The Kier molecular flexibility index (Phi) is 5.66. The highest BCUT2D eigenvalue weighted by atomic mass is 16.5. The summed E-state index contributed by atoms with van der Waals surface area (Å²) < 4.78 is 10.9. The topological polar surface area (TPSA) is 50.8 Å². The Hall–Kier alpha value is -1.75. The van der Waals surface area contributed by atoms with Crippen molar-refractivity contribution in [1.29, 1.82) is 0 Å². The average Bonchev–Trinajstić information content (AvgIpc) is 2.93. The maximum Gasteiger partial charge on any atom is 0.216 e. The number of carbonyl (C=O) groups excluding carboxylic acids is 1. The molecule has 1 saturated heterocycles. The second-order valence-electron chi connectivity index (χ2n) is 5.91. The van der Waals surface area contributed by atoms with E-state index in [2.05, 4.69) is 16.3 Å². The Morgan fingerprint density at radius 3 is 2.77 bits per heavy atom. The SMILES string of the molecule is COc1ccc(CN2CCC(CNC(C)=O)C2)c(OC)c1C. The van der Waals surface area contributed by atoms with Crippen LogP contribution in [-0.4, -0.2) is 44.7 Å². The lowest BCUT2D eigenvalue weighted by atomic mass is 10.1. The number of likely N-dealkylation sites (tertiary alicyclic amines) is 1. The summed E-state index contributed by atoms with van der Waals surface area (Å²) in [5.74, 6) is 2.34. The van der Waals surface area contributed by atoms with Gasteiger partial charge in [0, 0.05) is 37.7 Å². The first-order valence-electron chi connectivity index (χ1n) is 7.72. The number of hydrogen-bond acceptors (Lipinski definition) is 4. The lowest BCUT2D eigenvalue weighted by molar-refractivity contribution is -0.119. The van der Waals surface area contributed by atoms with E-state index in [9.17, 15) is 4.79 Å². The summed E-state index contributed by atoms with van der Waals surface area (Å²) in [4.78, 5) is 13.4. The van der Waals surface area contributed by atoms with Gasteiger partial charge in [0.25, 0.3) is 0 Å². The van der Waals surface area contributed by atoms with Crippen LogP contribution >= 0.6 is 0 Å². The number of ether oxygens (including phenoxy) is 2. The summed E-state index contributed by atoms with van der Waals surface area (Å²) in [5, 5.41) is 2.91. The fourth-order valence-electron chi connectivity index (χ4n) is 3.11. The summed E-state index contributed by atoms with van der Waals surface area (Å²) in [6.07, 6.45) is 1.12. The summed E-state index contributed by atoms with van der Waals surface area (Å²) in [6, 6.07) is 4.07. The zero-order valence-corrected chi connectivity index (χ0v) is 13.9. The number of rotatable bonds is 6. The minimum Gasteiger partial charge on any atom is -0.496 e. The van der Waals surface area contributed by atoms with E-state index in [-0.39, 0.29) is 5.91 Å². The molecule has 0 spiro atoms. The third-order valence-corrected chi connectivity index (χ3v) is 4.27. The van der Waals surface area contributed by atoms with Gasteiger partial charge in [-0.1, -0.05) is 6.07 Å². The molecule has 0 aromatic heterocycles. The Morgan fingerprint density at radius 2 is 2.14 bits per heavy atom. The van der Waals surface area contributed by atoms with Crippen molar-refractivity contribution in [2.75, 3.05) is 33.9 Å². The number of carbonyl (C=O) groups is 1. The van der Waals surface area contributed by atoms with Gasteiger partial charge in [0.05, 0.1) is 14.2 Å². The molecule has 1 unspecified atom stereocenters. The normalized spacial score (nSPS) is 18.3. The molecule has 1 aromatic rings. The molecule has 5 heteroatoms. The van der Waals surface area contributed by atoms with E-state index in [0.29, 0.717) is 5.92 Å². The van der Waals surface area contributed by atoms with Gasteiger partial charge in [-0.3, -0.25) is 9.69 Å². The molecule has 22 heavy (non-hydrogen) atoms. The molecule has 1 aliphatic rings. The number of nitrogens with one attached hydrogen (secondary N) is 1. The molecule has 1 N–H and O–H groups in total. The van der Waals surface area contributed by atoms with Crippen LogP contribution in [0.5, 0.6) is 11.5 Å². The Bertz CT molecular complexity index is 531. The lowest BCUT2D eigenvalue weighted by Crippen LogP contribution is -2.29. The van der Waals surface area contributed by atoms with Crippen molar-refractivity contribution >= 4 is 5.91 Å². The van der Waals surface area contributed by atoms with Gasteiger partial charge in [-0.15, -0.1) is 0 Å². The van der Waals surface area contributed by atoms with E-state index < -0.39 is 0 Å². The first kappa shape index (κ1) is 16.6. The van der Waals surface area contributed by atoms with E-state index in [1.165, 1.54) is 5.56 Å². The van der Waals surface area contributed by atoms with E-state index in [0.717, 1.165) is 49.7 Å². The second-order valence-corrected chi connectivity index (χ2v) is 5.91. The average molecular weight is 306 g/mol. The van der Waals surface area contributed by atoms with E-state index in [1.54, 1.807) is 21.1 Å². The Balaban J connectivity index is 2.00. The minimum absolute atomic E-state index is 0.0471. The first-order chi connectivity index (χ1) is 10.5. The second kappa shape index (κ2) is 7.49. The molecule has 0 bridgehead atoms. The molecule has 0 aliphatic carbocycles. The Morgan fingerprint density at radius 1 is 1.36 bits per heavy atom. The first-order valence-corrected chi connectivity index (χ1v) is 7.72. The smallest absolute Gasteiger partial charge is 0.216 e. The third-order valence-electron chi connectivity index (χ3n) is 4.27. The molecule has 1 atom stereocenters. The van der Waals surface area contributed by atoms with Crippen LogP contribution in [0.3, 0.4) is 0 Å².